The predicted octanol–water partition coefficient (Wildman–Crippen LogP) is 3.46. The van der Waals surface area contributed by atoms with Crippen molar-refractivity contribution in [1.29, 1.82) is 0 Å². The maximum atomic E-state index is 12.9. The molecule has 2 aromatic carbocycles. The van der Waals surface area contributed by atoms with Crippen molar-refractivity contribution in [3.8, 4) is 11.5 Å². The number of nitrogens with one attached hydrogen (secondary N) is 1. The van der Waals surface area contributed by atoms with E-state index in [1.807, 2.05) is 32.9 Å². The molecule has 30 heavy (non-hydrogen) atoms. The number of ether oxygens (including phenoxy) is 2. The van der Waals surface area contributed by atoms with Gasteiger partial charge in [0.1, 0.15) is 6.54 Å². The second-order valence-electron chi connectivity index (χ2n) is 7.33. The van der Waals surface area contributed by atoms with Gasteiger partial charge >= 0.3 is 0 Å². The summed E-state index contributed by atoms with van der Waals surface area (Å²) in [4.78, 5) is 12.9. The summed E-state index contributed by atoms with van der Waals surface area (Å²) < 4.78 is 37.2. The average Bonchev–Trinajstić information content (AvgIpc) is 3.18. The zero-order valence-electron chi connectivity index (χ0n) is 17.8. The van der Waals surface area contributed by atoms with Crippen molar-refractivity contribution < 1.29 is 22.7 Å². The van der Waals surface area contributed by atoms with Crippen LogP contribution in [0.3, 0.4) is 0 Å². The van der Waals surface area contributed by atoms with Crippen LogP contribution in [0.4, 0.5) is 5.69 Å². The number of nitrogens with zero attached hydrogens (tertiary/aromatic N) is 1. The Morgan fingerprint density at radius 1 is 1.10 bits per heavy atom. The number of hydrogen-bond acceptors (Lipinski definition) is 5. The van der Waals surface area contributed by atoms with Gasteiger partial charge < -0.3 is 14.8 Å². The van der Waals surface area contributed by atoms with Gasteiger partial charge in [-0.25, -0.2) is 8.42 Å². The summed E-state index contributed by atoms with van der Waals surface area (Å²) in [5, 5.41) is 2.99. The van der Waals surface area contributed by atoms with Crippen molar-refractivity contribution in [3.63, 3.8) is 0 Å². The molecule has 1 aliphatic rings. The van der Waals surface area contributed by atoms with Gasteiger partial charge in [-0.15, -0.1) is 0 Å². The fraction of sp³-hybridized carbons (Fsp3) is 0.409. The molecule has 7 nitrogen and oxygen atoms in total. The van der Waals surface area contributed by atoms with E-state index in [4.69, 9.17) is 9.47 Å². The van der Waals surface area contributed by atoms with Crippen LogP contribution in [0.15, 0.2) is 36.4 Å². The number of anilines is 1. The molecule has 8 heteroatoms. The van der Waals surface area contributed by atoms with Gasteiger partial charge in [-0.05, 0) is 50.5 Å². The Hall–Kier alpha value is -2.74. The summed E-state index contributed by atoms with van der Waals surface area (Å²) in [5.74, 6) is 0.531. The van der Waals surface area contributed by atoms with Gasteiger partial charge in [-0.1, -0.05) is 30.7 Å². The van der Waals surface area contributed by atoms with E-state index in [1.165, 1.54) is 0 Å². The van der Waals surface area contributed by atoms with Crippen LogP contribution in [0.2, 0.25) is 0 Å². The quantitative estimate of drug-likeness (QED) is 0.691. The number of amides is 1. The Morgan fingerprint density at radius 3 is 2.50 bits per heavy atom. The van der Waals surface area contributed by atoms with Crippen molar-refractivity contribution in [2.24, 2.45) is 0 Å². The zero-order valence-corrected chi connectivity index (χ0v) is 18.6. The van der Waals surface area contributed by atoms with Crippen LogP contribution in [-0.2, 0) is 14.8 Å². The van der Waals surface area contributed by atoms with Gasteiger partial charge in [-0.3, -0.25) is 9.10 Å². The first-order valence-electron chi connectivity index (χ1n) is 10.0. The molecule has 0 fully saturated rings. The van der Waals surface area contributed by atoms with E-state index in [2.05, 4.69) is 11.4 Å². The van der Waals surface area contributed by atoms with Crippen molar-refractivity contribution >= 4 is 21.6 Å². The third-order valence-corrected chi connectivity index (χ3v) is 6.92. The second kappa shape index (κ2) is 8.95. The van der Waals surface area contributed by atoms with Crippen molar-refractivity contribution in [1.82, 2.24) is 5.32 Å². The largest absolute Gasteiger partial charge is 0.454 e. The smallest absolute Gasteiger partial charge is 0.241 e. The van der Waals surface area contributed by atoms with E-state index in [0.29, 0.717) is 23.6 Å². The Balaban J connectivity index is 1.83. The topological polar surface area (TPSA) is 84.9 Å². The molecule has 1 unspecified atom stereocenters. The van der Waals surface area contributed by atoms with E-state index in [1.54, 1.807) is 25.1 Å². The highest BCUT2D eigenvalue weighted by atomic mass is 32.2. The van der Waals surface area contributed by atoms with E-state index in [-0.39, 0.29) is 31.0 Å². The molecule has 3 rings (SSSR count). The normalized spacial score (nSPS) is 13.7. The first kappa shape index (κ1) is 22.0. The van der Waals surface area contributed by atoms with Crippen molar-refractivity contribution in [2.75, 3.05) is 23.4 Å². The van der Waals surface area contributed by atoms with Crippen LogP contribution >= 0.6 is 0 Å². The highest BCUT2D eigenvalue weighted by molar-refractivity contribution is 7.92. The zero-order chi connectivity index (χ0) is 21.9. The summed E-state index contributed by atoms with van der Waals surface area (Å²) >= 11 is 0. The molecule has 1 aliphatic heterocycles. The van der Waals surface area contributed by atoms with Gasteiger partial charge in [0, 0.05) is 6.07 Å². The fourth-order valence-electron chi connectivity index (χ4n) is 3.53. The summed E-state index contributed by atoms with van der Waals surface area (Å²) in [5.41, 5.74) is 3.65. The van der Waals surface area contributed by atoms with Crippen LogP contribution in [0.1, 0.15) is 43.0 Å². The highest BCUT2D eigenvalue weighted by Crippen LogP contribution is 2.36. The molecule has 1 atom stereocenters. The van der Waals surface area contributed by atoms with Crippen molar-refractivity contribution in [3.05, 3.63) is 53.1 Å². The van der Waals surface area contributed by atoms with E-state index in [9.17, 15) is 13.2 Å². The van der Waals surface area contributed by atoms with Crippen LogP contribution < -0.4 is 19.1 Å². The van der Waals surface area contributed by atoms with Gasteiger partial charge in [0.25, 0.3) is 0 Å². The van der Waals surface area contributed by atoms with Gasteiger partial charge in [0.15, 0.2) is 11.5 Å². The molecule has 162 valence electrons. The van der Waals surface area contributed by atoms with Gasteiger partial charge in [0.2, 0.25) is 22.7 Å². The summed E-state index contributed by atoms with van der Waals surface area (Å²) in [6.07, 6.45) is 0.695. The lowest BCUT2D eigenvalue weighted by molar-refractivity contribution is -0.120. The molecule has 1 heterocycles. The minimum absolute atomic E-state index is 0.0912. The van der Waals surface area contributed by atoms with E-state index in [0.717, 1.165) is 21.0 Å². The summed E-state index contributed by atoms with van der Waals surface area (Å²) in [7, 11) is -3.67. The molecule has 1 amide bonds. The number of hydrogen-bond donors (Lipinski definition) is 1. The molecular weight excluding hydrogens is 404 g/mol. The molecule has 0 aromatic heterocycles. The molecule has 2 aromatic rings. The van der Waals surface area contributed by atoms with E-state index < -0.39 is 10.0 Å². The number of carbonyl (C=O) groups is 1. The van der Waals surface area contributed by atoms with Crippen molar-refractivity contribution in [2.45, 2.75) is 40.2 Å². The molecule has 0 spiro atoms. The predicted molar refractivity (Wildman–Crippen MR) is 116 cm³/mol. The minimum Gasteiger partial charge on any atom is -0.454 e. The SMILES string of the molecule is CCC(NC(=O)CN(c1ccc2c(c1)OCO2)S(=O)(=O)CC)c1ccc(C)cc1C. The summed E-state index contributed by atoms with van der Waals surface area (Å²) in [6, 6.07) is 10.8. The minimum atomic E-state index is -3.67. The molecule has 0 saturated heterocycles. The molecule has 1 N–H and O–H groups in total. The van der Waals surface area contributed by atoms with Gasteiger partial charge in [0.05, 0.1) is 17.5 Å². The Bertz CT molecular complexity index is 1040. The number of sulfonamides is 1. The van der Waals surface area contributed by atoms with Crippen LogP contribution in [0.5, 0.6) is 11.5 Å². The third-order valence-electron chi connectivity index (χ3n) is 5.18. The number of carbonyl (C=O) groups excluding carboxylic acids is 1. The fourth-order valence-corrected chi connectivity index (χ4v) is 4.59. The lowest BCUT2D eigenvalue weighted by Gasteiger charge is -2.26. The second-order valence-corrected chi connectivity index (χ2v) is 9.52. The maximum absolute atomic E-state index is 12.9. The molecule has 0 saturated carbocycles. The van der Waals surface area contributed by atoms with Crippen LogP contribution in [0.25, 0.3) is 0 Å². The first-order valence-corrected chi connectivity index (χ1v) is 11.6. The van der Waals surface area contributed by atoms with Crippen LogP contribution in [-0.4, -0.2) is 33.4 Å². The monoisotopic (exact) mass is 432 g/mol. The van der Waals surface area contributed by atoms with Gasteiger partial charge in [-0.2, -0.15) is 0 Å². The lowest BCUT2D eigenvalue weighted by Crippen LogP contribution is -2.42. The molecular formula is C22H28N2O5S. The molecule has 0 radical (unpaired) electrons. The first-order chi connectivity index (χ1) is 14.2. The third kappa shape index (κ3) is 4.70. The molecule has 0 bridgehead atoms. The Kier molecular flexibility index (Phi) is 6.55. The standard InChI is InChI=1S/C22H28N2O5S/c1-5-19(18-9-7-15(3)11-16(18)4)23-22(25)13-24(30(26,27)6-2)17-8-10-20-21(12-17)29-14-28-20/h7-12,19H,5-6,13-14H2,1-4H3,(H,23,25). The highest BCUT2D eigenvalue weighted by Gasteiger charge is 2.27. The Labute approximate surface area is 178 Å². The number of fused-ring (bicyclic) bond motifs is 1. The maximum Gasteiger partial charge on any atom is 0.241 e. The number of benzene rings is 2. The van der Waals surface area contributed by atoms with Crippen LogP contribution in [0, 0.1) is 13.8 Å². The van der Waals surface area contributed by atoms with E-state index >= 15 is 0 Å². The lowest BCUT2D eigenvalue weighted by atomic mass is 9.97. The number of rotatable bonds is 8. The summed E-state index contributed by atoms with van der Waals surface area (Å²) in [6.45, 7) is 7.36. The molecule has 0 aliphatic carbocycles. The number of aryl methyl sites for hydroxylation is 2. The Morgan fingerprint density at radius 2 is 1.83 bits per heavy atom. The average molecular weight is 433 g/mol.